The largest absolute Gasteiger partial charge is 0.496 e. The maximum Gasteiger partial charge on any atom is 0.237 e. The van der Waals surface area contributed by atoms with E-state index in [1.54, 1.807) is 7.11 Å². The van der Waals surface area contributed by atoms with Crippen molar-refractivity contribution in [1.82, 2.24) is 14.8 Å². The van der Waals surface area contributed by atoms with E-state index in [0.29, 0.717) is 16.7 Å². The Kier molecular flexibility index (Phi) is 6.56. The van der Waals surface area contributed by atoms with Gasteiger partial charge in [-0.2, -0.15) is 0 Å². The van der Waals surface area contributed by atoms with Crippen LogP contribution in [-0.4, -0.2) is 33.0 Å². The summed E-state index contributed by atoms with van der Waals surface area (Å²) < 4.78 is 7.52. The lowest BCUT2D eigenvalue weighted by molar-refractivity contribution is -0.115. The Morgan fingerprint density at radius 2 is 1.66 bits per heavy atom. The van der Waals surface area contributed by atoms with Crippen LogP contribution in [0.15, 0.2) is 84.0 Å². The van der Waals surface area contributed by atoms with Crippen LogP contribution in [0.1, 0.15) is 12.5 Å². The van der Waals surface area contributed by atoms with Gasteiger partial charge in [0.25, 0.3) is 0 Å². The third kappa shape index (κ3) is 4.68. The monoisotopic (exact) mass is 444 g/mol. The molecule has 0 saturated carbocycles. The Balaban J connectivity index is 1.70. The average molecular weight is 445 g/mol. The number of aryl methyl sites for hydroxylation is 1. The molecule has 0 saturated heterocycles. The standard InChI is InChI=1S/C25H24N4O2S/c1-17-13-15-20(16-14-17)29-23(21-11-7-8-12-22(21)31-3)27-28-25(29)32-18(2)24(30)26-19-9-5-4-6-10-19/h4-16,18H,1-3H3,(H,26,30)/t18-/m0/s1. The summed E-state index contributed by atoms with van der Waals surface area (Å²) in [5.74, 6) is 1.27. The van der Waals surface area contributed by atoms with E-state index in [1.165, 1.54) is 11.8 Å². The molecule has 162 valence electrons. The fourth-order valence-corrected chi connectivity index (χ4v) is 4.12. The fourth-order valence-electron chi connectivity index (χ4n) is 3.25. The van der Waals surface area contributed by atoms with E-state index in [2.05, 4.69) is 15.5 Å². The lowest BCUT2D eigenvalue weighted by atomic mass is 10.1. The second-order valence-electron chi connectivity index (χ2n) is 7.29. The van der Waals surface area contributed by atoms with Crippen LogP contribution in [0.3, 0.4) is 0 Å². The van der Waals surface area contributed by atoms with Crippen LogP contribution in [0.5, 0.6) is 5.75 Å². The summed E-state index contributed by atoms with van der Waals surface area (Å²) in [5, 5.41) is 12.1. The number of thioether (sulfide) groups is 1. The van der Waals surface area contributed by atoms with Crippen molar-refractivity contribution in [2.45, 2.75) is 24.3 Å². The minimum atomic E-state index is -0.380. The van der Waals surface area contributed by atoms with Gasteiger partial charge in [0.05, 0.1) is 17.9 Å². The van der Waals surface area contributed by atoms with E-state index in [9.17, 15) is 4.79 Å². The number of ether oxygens (including phenoxy) is 1. The highest BCUT2D eigenvalue weighted by Gasteiger charge is 2.23. The normalized spacial score (nSPS) is 11.7. The zero-order chi connectivity index (χ0) is 22.5. The number of rotatable bonds is 7. The molecule has 1 N–H and O–H groups in total. The third-order valence-electron chi connectivity index (χ3n) is 4.97. The van der Waals surface area contributed by atoms with Crippen LogP contribution >= 0.6 is 11.8 Å². The lowest BCUT2D eigenvalue weighted by Gasteiger charge is -2.15. The van der Waals surface area contributed by atoms with Crippen LogP contribution in [0.2, 0.25) is 0 Å². The van der Waals surface area contributed by atoms with Crippen LogP contribution in [0, 0.1) is 6.92 Å². The average Bonchev–Trinajstić information content (AvgIpc) is 3.23. The van der Waals surface area contributed by atoms with Crippen molar-refractivity contribution in [2.24, 2.45) is 0 Å². The van der Waals surface area contributed by atoms with Gasteiger partial charge in [-0.25, -0.2) is 0 Å². The van der Waals surface area contributed by atoms with E-state index < -0.39 is 0 Å². The number of para-hydroxylation sites is 2. The Morgan fingerprint density at radius 1 is 0.969 bits per heavy atom. The molecule has 4 rings (SSSR count). The van der Waals surface area contributed by atoms with Gasteiger partial charge in [0.1, 0.15) is 5.75 Å². The number of aromatic nitrogens is 3. The maximum atomic E-state index is 12.8. The van der Waals surface area contributed by atoms with Gasteiger partial charge in [-0.15, -0.1) is 10.2 Å². The highest BCUT2D eigenvalue weighted by Crippen LogP contribution is 2.34. The second-order valence-corrected chi connectivity index (χ2v) is 8.60. The molecule has 0 aliphatic carbocycles. The molecule has 0 radical (unpaired) electrons. The summed E-state index contributed by atoms with van der Waals surface area (Å²) in [5.41, 5.74) is 3.67. The molecule has 0 unspecified atom stereocenters. The number of anilines is 1. The molecule has 1 amide bonds. The van der Waals surface area contributed by atoms with Gasteiger partial charge in [-0.1, -0.05) is 59.8 Å². The highest BCUT2D eigenvalue weighted by atomic mass is 32.2. The van der Waals surface area contributed by atoms with Crippen LogP contribution in [0.4, 0.5) is 5.69 Å². The number of nitrogens with one attached hydrogen (secondary N) is 1. The number of hydrogen-bond acceptors (Lipinski definition) is 5. The first-order valence-electron chi connectivity index (χ1n) is 10.2. The number of nitrogens with zero attached hydrogens (tertiary/aromatic N) is 3. The predicted octanol–water partition coefficient (Wildman–Crippen LogP) is 5.37. The van der Waals surface area contributed by atoms with Crippen molar-refractivity contribution in [3.8, 4) is 22.8 Å². The maximum absolute atomic E-state index is 12.8. The topological polar surface area (TPSA) is 69.0 Å². The van der Waals surface area contributed by atoms with E-state index in [0.717, 1.165) is 22.5 Å². The molecule has 1 atom stereocenters. The van der Waals surface area contributed by atoms with Crippen molar-refractivity contribution >= 4 is 23.4 Å². The van der Waals surface area contributed by atoms with Crippen molar-refractivity contribution in [3.05, 3.63) is 84.4 Å². The molecule has 7 heteroatoms. The van der Waals surface area contributed by atoms with E-state index in [4.69, 9.17) is 4.74 Å². The SMILES string of the molecule is COc1ccccc1-c1nnc(S[C@@H](C)C(=O)Nc2ccccc2)n1-c1ccc(C)cc1. The number of carbonyl (C=O) groups is 1. The molecule has 6 nitrogen and oxygen atoms in total. The highest BCUT2D eigenvalue weighted by molar-refractivity contribution is 8.00. The van der Waals surface area contributed by atoms with Gasteiger partial charge in [0.2, 0.25) is 5.91 Å². The second kappa shape index (κ2) is 9.70. The van der Waals surface area contributed by atoms with E-state index in [-0.39, 0.29) is 11.2 Å². The summed E-state index contributed by atoms with van der Waals surface area (Å²) >= 11 is 1.36. The van der Waals surface area contributed by atoms with Gasteiger partial charge in [-0.05, 0) is 50.2 Å². The zero-order valence-electron chi connectivity index (χ0n) is 18.1. The quantitative estimate of drug-likeness (QED) is 0.388. The van der Waals surface area contributed by atoms with Crippen LogP contribution < -0.4 is 10.1 Å². The predicted molar refractivity (Wildman–Crippen MR) is 128 cm³/mol. The first kappa shape index (κ1) is 21.6. The Morgan fingerprint density at radius 3 is 2.38 bits per heavy atom. The molecule has 1 aromatic heterocycles. The molecule has 3 aromatic carbocycles. The van der Waals surface area contributed by atoms with E-state index in [1.807, 2.05) is 97.3 Å². The van der Waals surface area contributed by atoms with Crippen molar-refractivity contribution in [2.75, 3.05) is 12.4 Å². The van der Waals surface area contributed by atoms with Gasteiger partial charge in [0, 0.05) is 11.4 Å². The van der Waals surface area contributed by atoms with Gasteiger partial charge in [0.15, 0.2) is 11.0 Å². The first-order chi connectivity index (χ1) is 15.6. The molecule has 4 aromatic rings. The molecule has 0 aliphatic heterocycles. The Labute approximate surface area is 191 Å². The van der Waals surface area contributed by atoms with Gasteiger partial charge in [-0.3, -0.25) is 9.36 Å². The van der Waals surface area contributed by atoms with Gasteiger partial charge < -0.3 is 10.1 Å². The van der Waals surface area contributed by atoms with E-state index >= 15 is 0 Å². The molecule has 32 heavy (non-hydrogen) atoms. The lowest BCUT2D eigenvalue weighted by Crippen LogP contribution is -2.22. The first-order valence-corrected chi connectivity index (χ1v) is 11.1. The number of methoxy groups -OCH3 is 1. The van der Waals surface area contributed by atoms with Crippen LogP contribution in [-0.2, 0) is 4.79 Å². The number of amides is 1. The van der Waals surface area contributed by atoms with Crippen molar-refractivity contribution in [3.63, 3.8) is 0 Å². The van der Waals surface area contributed by atoms with Gasteiger partial charge >= 0.3 is 0 Å². The number of benzene rings is 3. The molecule has 0 aliphatic rings. The minimum Gasteiger partial charge on any atom is -0.496 e. The van der Waals surface area contributed by atoms with Crippen LogP contribution in [0.25, 0.3) is 17.1 Å². The summed E-state index contributed by atoms with van der Waals surface area (Å²) in [7, 11) is 1.64. The molecule has 1 heterocycles. The fraction of sp³-hybridized carbons (Fsp3) is 0.160. The third-order valence-corrected chi connectivity index (χ3v) is 6.01. The molecule has 0 bridgehead atoms. The molecular formula is C25H24N4O2S. The summed E-state index contributed by atoms with van der Waals surface area (Å²) in [6, 6.07) is 25.3. The summed E-state index contributed by atoms with van der Waals surface area (Å²) in [4.78, 5) is 12.8. The Bertz CT molecular complexity index is 1210. The number of hydrogen-bond donors (Lipinski definition) is 1. The summed E-state index contributed by atoms with van der Waals surface area (Å²) in [6.45, 7) is 3.91. The minimum absolute atomic E-state index is 0.0986. The van der Waals surface area contributed by atoms with Crippen molar-refractivity contribution < 1.29 is 9.53 Å². The number of carbonyl (C=O) groups excluding carboxylic acids is 1. The molecule has 0 fully saturated rings. The smallest absolute Gasteiger partial charge is 0.237 e. The Hall–Kier alpha value is -3.58. The zero-order valence-corrected chi connectivity index (χ0v) is 19.0. The summed E-state index contributed by atoms with van der Waals surface area (Å²) in [6.07, 6.45) is 0. The molecule has 0 spiro atoms. The van der Waals surface area contributed by atoms with Crippen molar-refractivity contribution in [1.29, 1.82) is 0 Å². The molecular weight excluding hydrogens is 420 g/mol.